The molecule has 0 aromatic carbocycles. The minimum Gasteiger partial charge on any atom is -0.347 e. The Morgan fingerprint density at radius 1 is 1.50 bits per heavy atom. The van der Waals surface area contributed by atoms with Crippen LogP contribution >= 0.6 is 0 Å². The van der Waals surface area contributed by atoms with Gasteiger partial charge in [-0.25, -0.2) is 13.4 Å². The van der Waals surface area contributed by atoms with Crippen molar-refractivity contribution in [1.82, 2.24) is 10.3 Å². The van der Waals surface area contributed by atoms with E-state index in [9.17, 15) is 18.0 Å². The fraction of sp³-hybridized carbons (Fsp3) is 0.583. The quantitative estimate of drug-likeness (QED) is 0.705. The van der Waals surface area contributed by atoms with Gasteiger partial charge < -0.3 is 5.32 Å². The number of nitrogens with zero attached hydrogens (tertiary/aromatic N) is 2. The Labute approximate surface area is 117 Å². The van der Waals surface area contributed by atoms with Gasteiger partial charge in [-0.2, -0.15) is 5.10 Å². The summed E-state index contributed by atoms with van der Waals surface area (Å²) in [6.45, 7) is 3.82. The first-order chi connectivity index (χ1) is 9.43. The molecule has 20 heavy (non-hydrogen) atoms. The van der Waals surface area contributed by atoms with E-state index in [4.69, 9.17) is 0 Å². The Kier molecular flexibility index (Phi) is 4.22. The minimum absolute atomic E-state index is 0.0644. The molecule has 7 nitrogen and oxygen atoms in total. The molecule has 110 valence electrons. The van der Waals surface area contributed by atoms with Crippen molar-refractivity contribution in [2.24, 2.45) is 5.10 Å². The van der Waals surface area contributed by atoms with Crippen LogP contribution in [0.3, 0.4) is 0 Å². The third-order valence-corrected chi connectivity index (χ3v) is 5.03. The molecule has 0 aromatic rings. The second-order valence-corrected chi connectivity index (χ2v) is 7.07. The van der Waals surface area contributed by atoms with Crippen LogP contribution in [-0.4, -0.2) is 55.0 Å². The van der Waals surface area contributed by atoms with E-state index in [-0.39, 0.29) is 41.9 Å². The molecule has 1 N–H and O–H groups in total. The molecule has 0 aromatic heterocycles. The Bertz CT molecular complexity index is 567. The van der Waals surface area contributed by atoms with Gasteiger partial charge in [0, 0.05) is 19.4 Å². The summed E-state index contributed by atoms with van der Waals surface area (Å²) in [4.78, 5) is 23.7. The number of sulfone groups is 1. The predicted molar refractivity (Wildman–Crippen MR) is 73.8 cm³/mol. The summed E-state index contributed by atoms with van der Waals surface area (Å²) in [5, 5.41) is 7.83. The average molecular weight is 299 g/mol. The van der Waals surface area contributed by atoms with Crippen LogP contribution in [0.25, 0.3) is 0 Å². The first-order valence-electron chi connectivity index (χ1n) is 6.42. The average Bonchev–Trinajstić information content (AvgIpc) is 2.76. The van der Waals surface area contributed by atoms with E-state index in [2.05, 4.69) is 17.0 Å². The van der Waals surface area contributed by atoms with Crippen LogP contribution < -0.4 is 5.32 Å². The van der Waals surface area contributed by atoms with E-state index >= 15 is 0 Å². The molecule has 0 saturated carbocycles. The van der Waals surface area contributed by atoms with Crippen molar-refractivity contribution in [2.75, 3.05) is 18.1 Å². The van der Waals surface area contributed by atoms with Gasteiger partial charge in [-0.05, 0) is 6.42 Å². The van der Waals surface area contributed by atoms with Gasteiger partial charge in [0.15, 0.2) is 9.84 Å². The Morgan fingerprint density at radius 2 is 2.25 bits per heavy atom. The topological polar surface area (TPSA) is 95.9 Å². The first-order valence-corrected chi connectivity index (χ1v) is 8.24. The van der Waals surface area contributed by atoms with Crippen LogP contribution in [0.5, 0.6) is 0 Å². The number of hydrogen-bond acceptors (Lipinski definition) is 5. The summed E-state index contributed by atoms with van der Waals surface area (Å²) in [5.41, 5.74) is 0.260. The van der Waals surface area contributed by atoms with Crippen molar-refractivity contribution in [3.8, 4) is 0 Å². The molecule has 0 aliphatic carbocycles. The highest BCUT2D eigenvalue weighted by atomic mass is 32.2. The molecule has 0 radical (unpaired) electrons. The Balaban J connectivity index is 2.13. The standard InChI is InChI=1S/C12H17N3O4S/c1-2-6-13-12(17)10-3-4-11(16)15(14-10)9-5-7-20(18,19)8-9/h2,9H,1,3-8H2,(H,13,17). The van der Waals surface area contributed by atoms with Gasteiger partial charge in [0.2, 0.25) is 5.91 Å². The smallest absolute Gasteiger partial charge is 0.267 e. The van der Waals surface area contributed by atoms with Gasteiger partial charge in [-0.15, -0.1) is 6.58 Å². The lowest BCUT2D eigenvalue weighted by Crippen LogP contribution is -2.43. The maximum Gasteiger partial charge on any atom is 0.267 e. The van der Waals surface area contributed by atoms with E-state index in [1.165, 1.54) is 5.01 Å². The van der Waals surface area contributed by atoms with E-state index in [1.807, 2.05) is 0 Å². The monoisotopic (exact) mass is 299 g/mol. The fourth-order valence-corrected chi connectivity index (χ4v) is 3.95. The van der Waals surface area contributed by atoms with Crippen LogP contribution in [0.4, 0.5) is 0 Å². The normalized spacial score (nSPS) is 25.2. The van der Waals surface area contributed by atoms with E-state index < -0.39 is 15.9 Å². The zero-order chi connectivity index (χ0) is 14.8. The SMILES string of the molecule is C=CCNC(=O)C1=NN(C2CCS(=O)(=O)C2)C(=O)CC1. The second-order valence-electron chi connectivity index (χ2n) is 4.84. The molecule has 0 spiro atoms. The Morgan fingerprint density at radius 3 is 2.85 bits per heavy atom. The molecule has 1 unspecified atom stereocenters. The third kappa shape index (κ3) is 3.24. The molecular formula is C12H17N3O4S. The molecular weight excluding hydrogens is 282 g/mol. The van der Waals surface area contributed by atoms with Gasteiger partial charge in [0.25, 0.3) is 5.91 Å². The highest BCUT2D eigenvalue weighted by Crippen LogP contribution is 2.22. The first kappa shape index (κ1) is 14.7. The maximum absolute atomic E-state index is 11.9. The van der Waals surface area contributed by atoms with Gasteiger partial charge in [0.05, 0.1) is 17.5 Å². The molecule has 1 saturated heterocycles. The largest absolute Gasteiger partial charge is 0.347 e. The number of carbonyl (C=O) groups is 2. The zero-order valence-electron chi connectivity index (χ0n) is 11.0. The van der Waals surface area contributed by atoms with Crippen molar-refractivity contribution < 1.29 is 18.0 Å². The van der Waals surface area contributed by atoms with Crippen LogP contribution in [-0.2, 0) is 19.4 Å². The summed E-state index contributed by atoms with van der Waals surface area (Å²) >= 11 is 0. The summed E-state index contributed by atoms with van der Waals surface area (Å²) in [5.74, 6) is -0.589. The highest BCUT2D eigenvalue weighted by molar-refractivity contribution is 7.91. The zero-order valence-corrected chi connectivity index (χ0v) is 11.9. The minimum atomic E-state index is -3.10. The fourth-order valence-electron chi connectivity index (χ4n) is 2.26. The summed E-state index contributed by atoms with van der Waals surface area (Å²) in [6, 6.07) is -0.449. The van der Waals surface area contributed by atoms with Crippen molar-refractivity contribution in [2.45, 2.75) is 25.3 Å². The molecule has 2 aliphatic rings. The molecule has 8 heteroatoms. The lowest BCUT2D eigenvalue weighted by Gasteiger charge is -2.27. The predicted octanol–water partition coefficient (Wildman–Crippen LogP) is -0.546. The van der Waals surface area contributed by atoms with Gasteiger partial charge >= 0.3 is 0 Å². The molecule has 2 aliphatic heterocycles. The summed E-state index contributed by atoms with van der Waals surface area (Å²) < 4.78 is 22.9. The van der Waals surface area contributed by atoms with Gasteiger partial charge in [0.1, 0.15) is 5.71 Å². The van der Waals surface area contributed by atoms with Gasteiger partial charge in [-0.1, -0.05) is 6.08 Å². The van der Waals surface area contributed by atoms with Crippen LogP contribution in [0, 0.1) is 0 Å². The molecule has 1 atom stereocenters. The number of carbonyl (C=O) groups excluding carboxylic acids is 2. The van der Waals surface area contributed by atoms with E-state index in [0.717, 1.165) is 0 Å². The van der Waals surface area contributed by atoms with Crippen molar-refractivity contribution in [3.63, 3.8) is 0 Å². The van der Waals surface area contributed by atoms with Crippen LogP contribution in [0.2, 0.25) is 0 Å². The number of hydrogen-bond donors (Lipinski definition) is 1. The molecule has 1 fully saturated rings. The van der Waals surface area contributed by atoms with Crippen molar-refractivity contribution in [1.29, 1.82) is 0 Å². The number of rotatable bonds is 4. The third-order valence-electron chi connectivity index (χ3n) is 3.28. The van der Waals surface area contributed by atoms with Gasteiger partial charge in [-0.3, -0.25) is 9.59 Å². The Hall–Kier alpha value is -1.70. The lowest BCUT2D eigenvalue weighted by atomic mass is 10.1. The summed E-state index contributed by atoms with van der Waals surface area (Å²) in [6.07, 6.45) is 2.38. The summed E-state index contributed by atoms with van der Waals surface area (Å²) in [7, 11) is -3.10. The second kappa shape index (κ2) is 5.74. The van der Waals surface area contributed by atoms with Crippen molar-refractivity contribution >= 4 is 27.4 Å². The highest BCUT2D eigenvalue weighted by Gasteiger charge is 2.37. The molecule has 2 heterocycles. The lowest BCUT2D eigenvalue weighted by molar-refractivity contribution is -0.133. The van der Waals surface area contributed by atoms with E-state index in [1.54, 1.807) is 6.08 Å². The van der Waals surface area contributed by atoms with E-state index in [0.29, 0.717) is 13.0 Å². The number of amides is 2. The molecule has 0 bridgehead atoms. The molecule has 2 rings (SSSR count). The maximum atomic E-state index is 11.9. The van der Waals surface area contributed by atoms with Crippen molar-refractivity contribution in [3.05, 3.63) is 12.7 Å². The number of hydrazone groups is 1. The molecule has 2 amide bonds. The number of nitrogens with one attached hydrogen (secondary N) is 1. The van der Waals surface area contributed by atoms with Crippen LogP contribution in [0.1, 0.15) is 19.3 Å². The van der Waals surface area contributed by atoms with Crippen LogP contribution in [0.15, 0.2) is 17.8 Å².